The molecule has 0 bridgehead atoms. The van der Waals surface area contributed by atoms with E-state index in [0.717, 1.165) is 36.5 Å². The molecule has 1 aromatic carbocycles. The fourth-order valence-corrected chi connectivity index (χ4v) is 3.31. The molecule has 0 radical (unpaired) electrons. The average molecular weight is 315 g/mol. The van der Waals surface area contributed by atoms with Crippen molar-refractivity contribution in [2.75, 3.05) is 20.2 Å². The van der Waals surface area contributed by atoms with Gasteiger partial charge in [0, 0.05) is 12.1 Å². The Morgan fingerprint density at radius 1 is 1.35 bits per heavy atom. The molecule has 1 N–H and O–H groups in total. The lowest BCUT2D eigenvalue weighted by Crippen LogP contribution is -2.41. The first-order valence-corrected chi connectivity index (χ1v) is 7.84. The maximum absolute atomic E-state index is 11.4. The van der Waals surface area contributed by atoms with Gasteiger partial charge in [-0.3, -0.25) is 9.69 Å². The van der Waals surface area contributed by atoms with Crippen molar-refractivity contribution in [3.05, 3.63) is 54.0 Å². The third-order valence-corrected chi connectivity index (χ3v) is 4.41. The summed E-state index contributed by atoms with van der Waals surface area (Å²) >= 11 is 0. The third-order valence-electron chi connectivity index (χ3n) is 4.41. The van der Waals surface area contributed by atoms with Crippen molar-refractivity contribution in [1.29, 1.82) is 0 Å². The highest BCUT2D eigenvalue weighted by atomic mass is 16.5. The van der Waals surface area contributed by atoms with E-state index in [9.17, 15) is 9.90 Å². The van der Waals surface area contributed by atoms with Gasteiger partial charge in [0.05, 0.1) is 25.3 Å². The first-order valence-electron chi connectivity index (χ1n) is 7.84. The van der Waals surface area contributed by atoms with Gasteiger partial charge in [0.1, 0.15) is 11.5 Å². The van der Waals surface area contributed by atoms with Crippen LogP contribution in [-0.4, -0.2) is 36.2 Å². The second kappa shape index (κ2) is 6.87. The van der Waals surface area contributed by atoms with Gasteiger partial charge in [0.2, 0.25) is 0 Å². The molecule has 0 amide bonds. The van der Waals surface area contributed by atoms with E-state index in [-0.39, 0.29) is 12.0 Å². The molecule has 3 rings (SSSR count). The highest BCUT2D eigenvalue weighted by Crippen LogP contribution is 2.37. The third kappa shape index (κ3) is 3.24. The van der Waals surface area contributed by atoms with Gasteiger partial charge in [-0.15, -0.1) is 0 Å². The number of furan rings is 1. The van der Waals surface area contributed by atoms with Crippen LogP contribution in [0.2, 0.25) is 0 Å². The largest absolute Gasteiger partial charge is 0.496 e. The number of likely N-dealkylation sites (tertiary alicyclic amines) is 1. The zero-order valence-electron chi connectivity index (χ0n) is 13.1. The molecule has 2 heterocycles. The summed E-state index contributed by atoms with van der Waals surface area (Å²) in [6.45, 7) is 1.35. The Morgan fingerprint density at radius 2 is 2.17 bits per heavy atom. The molecule has 2 unspecified atom stereocenters. The zero-order valence-corrected chi connectivity index (χ0v) is 13.1. The van der Waals surface area contributed by atoms with Crippen LogP contribution >= 0.6 is 0 Å². The topological polar surface area (TPSA) is 62.9 Å². The molecule has 23 heavy (non-hydrogen) atoms. The van der Waals surface area contributed by atoms with Gasteiger partial charge in [-0.2, -0.15) is 0 Å². The predicted octanol–water partition coefficient (Wildman–Crippen LogP) is 3.17. The van der Waals surface area contributed by atoms with E-state index < -0.39 is 5.97 Å². The number of methoxy groups -OCH3 is 1. The number of para-hydroxylation sites is 1. The number of nitrogens with zero attached hydrogens (tertiary/aromatic N) is 1. The molecule has 122 valence electrons. The van der Waals surface area contributed by atoms with E-state index in [1.165, 1.54) is 0 Å². The van der Waals surface area contributed by atoms with E-state index in [4.69, 9.17) is 9.15 Å². The number of hydrogen-bond donors (Lipinski definition) is 1. The van der Waals surface area contributed by atoms with Crippen LogP contribution in [0.5, 0.6) is 5.75 Å². The molecular formula is C18H21NO4. The SMILES string of the molecule is COc1ccccc1C(c1ccco1)N1CCCC(C(=O)O)C1. The number of carboxylic acids is 1. The predicted molar refractivity (Wildman–Crippen MR) is 85.5 cm³/mol. The Labute approximate surface area is 135 Å². The van der Waals surface area contributed by atoms with Crippen LogP contribution in [0, 0.1) is 5.92 Å². The van der Waals surface area contributed by atoms with Crippen molar-refractivity contribution in [3.8, 4) is 5.75 Å². The smallest absolute Gasteiger partial charge is 0.307 e. The van der Waals surface area contributed by atoms with E-state index in [0.29, 0.717) is 6.54 Å². The normalized spacial score (nSPS) is 20.1. The molecule has 1 fully saturated rings. The van der Waals surface area contributed by atoms with Crippen molar-refractivity contribution < 1.29 is 19.1 Å². The Morgan fingerprint density at radius 3 is 2.87 bits per heavy atom. The summed E-state index contributed by atoms with van der Waals surface area (Å²) in [5, 5.41) is 9.36. The van der Waals surface area contributed by atoms with Gasteiger partial charge in [0.25, 0.3) is 0 Å². The average Bonchev–Trinajstić information content (AvgIpc) is 3.10. The Hall–Kier alpha value is -2.27. The van der Waals surface area contributed by atoms with Gasteiger partial charge in [0.15, 0.2) is 0 Å². The molecule has 0 aliphatic carbocycles. The Balaban J connectivity index is 1.98. The van der Waals surface area contributed by atoms with Crippen molar-refractivity contribution in [1.82, 2.24) is 4.90 Å². The number of carbonyl (C=O) groups is 1. The summed E-state index contributed by atoms with van der Waals surface area (Å²) in [4.78, 5) is 13.6. The monoisotopic (exact) mass is 315 g/mol. The quantitative estimate of drug-likeness (QED) is 0.918. The van der Waals surface area contributed by atoms with Crippen molar-refractivity contribution in [2.24, 2.45) is 5.92 Å². The fourth-order valence-electron chi connectivity index (χ4n) is 3.31. The fraction of sp³-hybridized carbons (Fsp3) is 0.389. The highest BCUT2D eigenvalue weighted by molar-refractivity contribution is 5.70. The molecule has 2 atom stereocenters. The molecule has 5 nitrogen and oxygen atoms in total. The molecular weight excluding hydrogens is 294 g/mol. The minimum Gasteiger partial charge on any atom is -0.496 e. The second-order valence-corrected chi connectivity index (χ2v) is 5.83. The van der Waals surface area contributed by atoms with Crippen LogP contribution in [0.1, 0.15) is 30.2 Å². The minimum absolute atomic E-state index is 0.136. The van der Waals surface area contributed by atoms with Crippen molar-refractivity contribution in [2.45, 2.75) is 18.9 Å². The van der Waals surface area contributed by atoms with E-state index in [1.807, 2.05) is 36.4 Å². The molecule has 1 aliphatic heterocycles. The number of carboxylic acid groups (broad SMARTS) is 1. The van der Waals surface area contributed by atoms with Crippen LogP contribution < -0.4 is 4.74 Å². The highest BCUT2D eigenvalue weighted by Gasteiger charge is 2.33. The number of benzene rings is 1. The van der Waals surface area contributed by atoms with Crippen LogP contribution in [-0.2, 0) is 4.79 Å². The first-order chi connectivity index (χ1) is 11.2. The number of piperidine rings is 1. The summed E-state index contributed by atoms with van der Waals surface area (Å²) < 4.78 is 11.2. The molecule has 2 aromatic rings. The summed E-state index contributed by atoms with van der Waals surface area (Å²) in [6, 6.07) is 11.5. The van der Waals surface area contributed by atoms with Gasteiger partial charge < -0.3 is 14.3 Å². The molecule has 0 saturated carbocycles. The van der Waals surface area contributed by atoms with Crippen LogP contribution in [0.3, 0.4) is 0 Å². The number of rotatable bonds is 5. The number of ether oxygens (including phenoxy) is 1. The maximum atomic E-state index is 11.4. The first kappa shape index (κ1) is 15.6. The summed E-state index contributed by atoms with van der Waals surface area (Å²) in [7, 11) is 1.65. The maximum Gasteiger partial charge on any atom is 0.307 e. The molecule has 1 aromatic heterocycles. The van der Waals surface area contributed by atoms with E-state index in [1.54, 1.807) is 13.4 Å². The lowest BCUT2D eigenvalue weighted by atomic mass is 9.93. The van der Waals surface area contributed by atoms with Gasteiger partial charge in [-0.25, -0.2) is 0 Å². The summed E-state index contributed by atoms with van der Waals surface area (Å²) in [5.74, 6) is 0.524. The lowest BCUT2D eigenvalue weighted by Gasteiger charge is -2.36. The Bertz CT molecular complexity index is 653. The second-order valence-electron chi connectivity index (χ2n) is 5.83. The van der Waals surface area contributed by atoms with E-state index in [2.05, 4.69) is 4.90 Å². The lowest BCUT2D eigenvalue weighted by molar-refractivity contribution is -0.143. The van der Waals surface area contributed by atoms with Crippen LogP contribution in [0.15, 0.2) is 47.1 Å². The standard InChI is InChI=1S/C18H21NO4/c1-22-15-8-3-2-7-14(15)17(16-9-5-11-23-16)19-10-4-6-13(12-19)18(20)21/h2-3,5,7-9,11,13,17H,4,6,10,12H2,1H3,(H,20,21). The van der Waals surface area contributed by atoms with Gasteiger partial charge in [-0.05, 0) is 37.6 Å². The van der Waals surface area contributed by atoms with E-state index >= 15 is 0 Å². The summed E-state index contributed by atoms with van der Waals surface area (Å²) in [6.07, 6.45) is 3.24. The van der Waals surface area contributed by atoms with Crippen molar-refractivity contribution in [3.63, 3.8) is 0 Å². The molecule has 5 heteroatoms. The zero-order chi connectivity index (χ0) is 16.2. The summed E-state index contributed by atoms with van der Waals surface area (Å²) in [5.41, 5.74) is 0.996. The van der Waals surface area contributed by atoms with Gasteiger partial charge in [-0.1, -0.05) is 18.2 Å². The minimum atomic E-state index is -0.729. The molecule has 1 saturated heterocycles. The van der Waals surface area contributed by atoms with Crippen LogP contribution in [0.4, 0.5) is 0 Å². The molecule has 0 spiro atoms. The van der Waals surface area contributed by atoms with Crippen molar-refractivity contribution >= 4 is 5.97 Å². The van der Waals surface area contributed by atoms with Gasteiger partial charge >= 0.3 is 5.97 Å². The molecule has 1 aliphatic rings. The van der Waals surface area contributed by atoms with Crippen LogP contribution in [0.25, 0.3) is 0 Å². The number of hydrogen-bond acceptors (Lipinski definition) is 4. The Kier molecular flexibility index (Phi) is 4.67. The number of aliphatic carboxylic acids is 1.